The topological polar surface area (TPSA) is 56.5 Å². The van der Waals surface area contributed by atoms with E-state index in [1.165, 1.54) is 5.56 Å². The first-order valence-corrected chi connectivity index (χ1v) is 6.01. The molecule has 4 nitrogen and oxygen atoms in total. The smallest absolute Gasteiger partial charge is 0.123 e. The first-order valence-electron chi connectivity index (χ1n) is 6.01. The summed E-state index contributed by atoms with van der Waals surface area (Å²) in [6, 6.07) is 4.15. The average Bonchev–Trinajstić information content (AvgIpc) is 2.67. The lowest BCUT2D eigenvalue weighted by atomic mass is 10.1. The van der Waals surface area contributed by atoms with E-state index in [0.717, 1.165) is 36.6 Å². The van der Waals surface area contributed by atoms with Gasteiger partial charge in [0.25, 0.3) is 0 Å². The van der Waals surface area contributed by atoms with Crippen LogP contribution in [0.1, 0.15) is 18.1 Å². The summed E-state index contributed by atoms with van der Waals surface area (Å²) in [5, 5.41) is 3.27. The molecule has 0 fully saturated rings. The highest BCUT2D eigenvalue weighted by Crippen LogP contribution is 2.34. The number of rotatable bonds is 5. The summed E-state index contributed by atoms with van der Waals surface area (Å²) >= 11 is 0. The van der Waals surface area contributed by atoms with E-state index < -0.39 is 0 Å². The monoisotopic (exact) mass is 236 g/mol. The van der Waals surface area contributed by atoms with Gasteiger partial charge in [-0.15, -0.1) is 0 Å². The van der Waals surface area contributed by atoms with Crippen molar-refractivity contribution in [2.75, 3.05) is 20.2 Å². The Morgan fingerprint density at radius 1 is 1.53 bits per heavy atom. The van der Waals surface area contributed by atoms with Gasteiger partial charge < -0.3 is 20.5 Å². The van der Waals surface area contributed by atoms with Gasteiger partial charge >= 0.3 is 0 Å². The first-order chi connectivity index (χ1) is 8.24. The number of hydrogen-bond acceptors (Lipinski definition) is 4. The van der Waals surface area contributed by atoms with Gasteiger partial charge in [-0.05, 0) is 19.1 Å². The molecule has 1 heterocycles. The Hall–Kier alpha value is -1.26. The summed E-state index contributed by atoms with van der Waals surface area (Å²) in [5.74, 6) is 1.91. The highest BCUT2D eigenvalue weighted by atomic mass is 16.5. The second-order valence-corrected chi connectivity index (χ2v) is 4.37. The molecule has 2 rings (SSSR count). The highest BCUT2D eigenvalue weighted by Gasteiger charge is 2.21. The molecule has 4 heteroatoms. The molecule has 0 saturated carbocycles. The zero-order chi connectivity index (χ0) is 12.3. The average molecular weight is 236 g/mol. The highest BCUT2D eigenvalue weighted by molar-refractivity contribution is 5.48. The summed E-state index contributed by atoms with van der Waals surface area (Å²) in [7, 11) is 1.70. The van der Waals surface area contributed by atoms with Crippen molar-refractivity contribution in [2.45, 2.75) is 26.0 Å². The fourth-order valence-electron chi connectivity index (χ4n) is 2.13. The van der Waals surface area contributed by atoms with Crippen molar-refractivity contribution >= 4 is 0 Å². The van der Waals surface area contributed by atoms with E-state index >= 15 is 0 Å². The van der Waals surface area contributed by atoms with Crippen molar-refractivity contribution < 1.29 is 9.47 Å². The largest absolute Gasteiger partial charge is 0.496 e. The number of hydrogen-bond donors (Lipinski definition) is 2. The molecule has 0 aromatic heterocycles. The molecule has 17 heavy (non-hydrogen) atoms. The summed E-state index contributed by atoms with van der Waals surface area (Å²) in [6.45, 7) is 4.28. The zero-order valence-corrected chi connectivity index (χ0v) is 10.5. The number of ether oxygens (including phenoxy) is 2. The third-order valence-electron chi connectivity index (χ3n) is 2.94. The number of methoxy groups -OCH3 is 1. The Kier molecular flexibility index (Phi) is 3.86. The van der Waals surface area contributed by atoms with Gasteiger partial charge in [-0.25, -0.2) is 0 Å². The van der Waals surface area contributed by atoms with Crippen molar-refractivity contribution in [2.24, 2.45) is 5.73 Å². The molecule has 3 N–H and O–H groups in total. The van der Waals surface area contributed by atoms with Gasteiger partial charge in [0.1, 0.15) is 17.6 Å². The molecule has 1 unspecified atom stereocenters. The molecule has 0 saturated heterocycles. The summed E-state index contributed by atoms with van der Waals surface area (Å²) < 4.78 is 11.2. The molecule has 0 aliphatic carbocycles. The van der Waals surface area contributed by atoms with Crippen LogP contribution < -0.4 is 20.5 Å². The van der Waals surface area contributed by atoms with Gasteiger partial charge in [0.05, 0.1) is 7.11 Å². The van der Waals surface area contributed by atoms with Crippen molar-refractivity contribution in [3.05, 3.63) is 23.3 Å². The van der Waals surface area contributed by atoms with Crippen molar-refractivity contribution in [3.8, 4) is 11.5 Å². The van der Waals surface area contributed by atoms with Crippen LogP contribution in [0.2, 0.25) is 0 Å². The Labute approximate surface area is 102 Å². The van der Waals surface area contributed by atoms with E-state index in [-0.39, 0.29) is 6.10 Å². The van der Waals surface area contributed by atoms with Crippen molar-refractivity contribution in [1.82, 2.24) is 5.32 Å². The molecule has 0 bridgehead atoms. The Balaban J connectivity index is 2.17. The first kappa shape index (κ1) is 12.2. The van der Waals surface area contributed by atoms with Gasteiger partial charge in [0.15, 0.2) is 0 Å². The minimum atomic E-state index is 0.266. The van der Waals surface area contributed by atoms with Crippen LogP contribution in [0.5, 0.6) is 11.5 Å². The molecule has 1 aromatic rings. The number of fused-ring (bicyclic) bond motifs is 1. The summed E-state index contributed by atoms with van der Waals surface area (Å²) in [4.78, 5) is 0. The summed E-state index contributed by atoms with van der Waals surface area (Å²) in [5.41, 5.74) is 7.81. The quantitative estimate of drug-likeness (QED) is 0.751. The number of nitrogens with two attached hydrogens (primary N) is 1. The van der Waals surface area contributed by atoms with Gasteiger partial charge in [0.2, 0.25) is 0 Å². The molecule has 0 spiro atoms. The van der Waals surface area contributed by atoms with E-state index in [4.69, 9.17) is 15.2 Å². The number of benzene rings is 1. The minimum absolute atomic E-state index is 0.266. The van der Waals surface area contributed by atoms with Gasteiger partial charge in [-0.3, -0.25) is 0 Å². The van der Waals surface area contributed by atoms with E-state index in [0.29, 0.717) is 6.54 Å². The van der Waals surface area contributed by atoms with Crippen LogP contribution >= 0.6 is 0 Å². The summed E-state index contributed by atoms with van der Waals surface area (Å²) in [6.07, 6.45) is 1.23. The molecule has 1 aliphatic rings. The molecule has 0 radical (unpaired) electrons. The molecule has 94 valence electrons. The van der Waals surface area contributed by atoms with E-state index in [1.54, 1.807) is 7.11 Å². The second kappa shape index (κ2) is 5.38. The van der Waals surface area contributed by atoms with E-state index in [9.17, 15) is 0 Å². The molecule has 1 aliphatic heterocycles. The second-order valence-electron chi connectivity index (χ2n) is 4.37. The van der Waals surface area contributed by atoms with Crippen LogP contribution in [0.4, 0.5) is 0 Å². The Morgan fingerprint density at radius 2 is 2.35 bits per heavy atom. The maximum Gasteiger partial charge on any atom is 0.123 e. The maximum atomic E-state index is 5.75. The van der Waals surface area contributed by atoms with Crippen molar-refractivity contribution in [3.63, 3.8) is 0 Å². The molecule has 1 aromatic carbocycles. The molecule has 0 amide bonds. The lowest BCUT2D eigenvalue weighted by Crippen LogP contribution is -2.22. The van der Waals surface area contributed by atoms with E-state index in [1.807, 2.05) is 0 Å². The minimum Gasteiger partial charge on any atom is -0.496 e. The fourth-order valence-corrected chi connectivity index (χ4v) is 2.13. The third kappa shape index (κ3) is 2.70. The Morgan fingerprint density at radius 3 is 3.06 bits per heavy atom. The van der Waals surface area contributed by atoms with Crippen LogP contribution in [-0.2, 0) is 13.0 Å². The predicted octanol–water partition coefficient (Wildman–Crippen LogP) is 1.07. The lowest BCUT2D eigenvalue weighted by molar-refractivity contribution is 0.254. The van der Waals surface area contributed by atoms with Crippen LogP contribution in [0.25, 0.3) is 0 Å². The number of nitrogens with one attached hydrogen (secondary N) is 1. The lowest BCUT2D eigenvalue weighted by Gasteiger charge is -2.11. The standard InChI is InChI=1S/C13H20N2O2/c1-9-5-10-6-12(16-2)11(7-13(10)17-9)8-15-4-3-14/h6-7,9,15H,3-5,8,14H2,1-2H3. The van der Waals surface area contributed by atoms with Crippen molar-refractivity contribution in [1.29, 1.82) is 0 Å². The zero-order valence-electron chi connectivity index (χ0n) is 10.5. The predicted molar refractivity (Wildman–Crippen MR) is 67.5 cm³/mol. The van der Waals surface area contributed by atoms with Gasteiger partial charge in [0, 0.05) is 37.2 Å². The Bertz CT molecular complexity index is 393. The third-order valence-corrected chi connectivity index (χ3v) is 2.94. The van der Waals surface area contributed by atoms with Crippen LogP contribution in [0, 0.1) is 0 Å². The molecular formula is C13H20N2O2. The van der Waals surface area contributed by atoms with Crippen LogP contribution in [0.3, 0.4) is 0 Å². The maximum absolute atomic E-state index is 5.75. The van der Waals surface area contributed by atoms with Crippen LogP contribution in [0.15, 0.2) is 12.1 Å². The normalized spacial score (nSPS) is 17.7. The van der Waals surface area contributed by atoms with Gasteiger partial charge in [-0.2, -0.15) is 0 Å². The fraction of sp³-hybridized carbons (Fsp3) is 0.538. The van der Waals surface area contributed by atoms with Crippen LogP contribution in [-0.4, -0.2) is 26.3 Å². The SMILES string of the molecule is COc1cc2c(cc1CNCCN)OC(C)C2. The van der Waals surface area contributed by atoms with Gasteiger partial charge in [-0.1, -0.05) is 0 Å². The molecule has 1 atom stereocenters. The van der Waals surface area contributed by atoms with E-state index in [2.05, 4.69) is 24.4 Å². The molecular weight excluding hydrogens is 216 g/mol.